The van der Waals surface area contributed by atoms with Gasteiger partial charge in [-0.25, -0.2) is 9.07 Å². The van der Waals surface area contributed by atoms with E-state index in [1.165, 1.54) is 12.1 Å². The maximum atomic E-state index is 13.3. The Morgan fingerprint density at radius 1 is 1.13 bits per heavy atom. The number of aromatic nitrogens is 2. The van der Waals surface area contributed by atoms with E-state index in [4.69, 9.17) is 9.84 Å². The Bertz CT molecular complexity index is 982. The zero-order valence-corrected chi connectivity index (χ0v) is 17.9. The SMILES string of the molecule is CCC(=O)N(Cc1c(-c2ccccc2)nn(C)c1Oc1ccc(F)cc1)CC(C)C. The fraction of sp³-hybridized carbons (Fsp3) is 0.333. The lowest BCUT2D eigenvalue weighted by Crippen LogP contribution is -2.33. The predicted molar refractivity (Wildman–Crippen MR) is 116 cm³/mol. The first-order valence-corrected chi connectivity index (χ1v) is 10.2. The van der Waals surface area contributed by atoms with Crippen molar-refractivity contribution in [3.8, 4) is 22.9 Å². The number of benzene rings is 2. The van der Waals surface area contributed by atoms with Crippen molar-refractivity contribution in [3.05, 3.63) is 66.0 Å². The minimum atomic E-state index is -0.325. The highest BCUT2D eigenvalue weighted by atomic mass is 19.1. The van der Waals surface area contributed by atoms with Crippen LogP contribution in [0.1, 0.15) is 32.8 Å². The molecule has 0 aliphatic carbocycles. The largest absolute Gasteiger partial charge is 0.439 e. The highest BCUT2D eigenvalue weighted by molar-refractivity contribution is 5.76. The lowest BCUT2D eigenvalue weighted by molar-refractivity contribution is -0.132. The van der Waals surface area contributed by atoms with Crippen LogP contribution in [0.25, 0.3) is 11.3 Å². The molecule has 0 N–H and O–H groups in total. The lowest BCUT2D eigenvalue weighted by Gasteiger charge is -2.25. The summed E-state index contributed by atoms with van der Waals surface area (Å²) in [6.45, 7) is 7.08. The Morgan fingerprint density at radius 3 is 2.40 bits per heavy atom. The molecule has 0 saturated heterocycles. The first-order chi connectivity index (χ1) is 14.4. The number of hydrogen-bond donors (Lipinski definition) is 0. The van der Waals surface area contributed by atoms with Crippen LogP contribution in [0.4, 0.5) is 4.39 Å². The van der Waals surface area contributed by atoms with Gasteiger partial charge in [-0.2, -0.15) is 5.10 Å². The predicted octanol–water partition coefficient (Wildman–Crippen LogP) is 5.41. The Hall–Kier alpha value is -3.15. The number of carbonyl (C=O) groups is 1. The highest BCUT2D eigenvalue weighted by Gasteiger charge is 2.24. The molecule has 0 bridgehead atoms. The van der Waals surface area contributed by atoms with Crippen molar-refractivity contribution < 1.29 is 13.9 Å². The van der Waals surface area contributed by atoms with Crippen LogP contribution in [0.2, 0.25) is 0 Å². The van der Waals surface area contributed by atoms with E-state index in [0.717, 1.165) is 16.8 Å². The van der Waals surface area contributed by atoms with Crippen molar-refractivity contribution in [1.82, 2.24) is 14.7 Å². The molecule has 158 valence electrons. The minimum absolute atomic E-state index is 0.0827. The molecule has 0 aliphatic rings. The molecule has 2 aromatic carbocycles. The molecule has 5 nitrogen and oxygen atoms in total. The lowest BCUT2D eigenvalue weighted by atomic mass is 10.1. The number of carbonyl (C=O) groups excluding carboxylic acids is 1. The smallest absolute Gasteiger partial charge is 0.223 e. The molecule has 6 heteroatoms. The Labute approximate surface area is 177 Å². The van der Waals surface area contributed by atoms with Crippen molar-refractivity contribution >= 4 is 5.91 Å². The van der Waals surface area contributed by atoms with Crippen molar-refractivity contribution in [1.29, 1.82) is 0 Å². The standard InChI is InChI=1S/C24H28FN3O2/c1-5-22(29)28(15-17(2)3)16-21-23(18-9-7-6-8-10-18)26-27(4)24(21)30-20-13-11-19(25)12-14-20/h6-14,17H,5,15-16H2,1-4H3. The quantitative estimate of drug-likeness (QED) is 0.500. The van der Waals surface area contributed by atoms with Gasteiger partial charge in [0.1, 0.15) is 17.3 Å². The van der Waals surface area contributed by atoms with E-state index in [0.29, 0.717) is 37.1 Å². The summed E-state index contributed by atoms with van der Waals surface area (Å²) in [5, 5.41) is 4.69. The van der Waals surface area contributed by atoms with Gasteiger partial charge in [-0.05, 0) is 30.2 Å². The topological polar surface area (TPSA) is 47.4 Å². The van der Waals surface area contributed by atoms with Gasteiger partial charge in [0.25, 0.3) is 0 Å². The third-order valence-electron chi connectivity index (χ3n) is 4.75. The first-order valence-electron chi connectivity index (χ1n) is 10.2. The molecule has 1 aromatic heterocycles. The van der Waals surface area contributed by atoms with Crippen LogP contribution in [-0.2, 0) is 18.4 Å². The highest BCUT2D eigenvalue weighted by Crippen LogP contribution is 2.34. The Morgan fingerprint density at radius 2 is 1.80 bits per heavy atom. The van der Waals surface area contributed by atoms with Crippen molar-refractivity contribution in [3.63, 3.8) is 0 Å². The summed E-state index contributed by atoms with van der Waals surface area (Å²) in [7, 11) is 1.81. The summed E-state index contributed by atoms with van der Waals surface area (Å²) >= 11 is 0. The zero-order valence-electron chi connectivity index (χ0n) is 17.9. The molecule has 0 unspecified atom stereocenters. The number of amides is 1. The molecule has 0 radical (unpaired) electrons. The molecule has 0 fully saturated rings. The van der Waals surface area contributed by atoms with Crippen molar-refractivity contribution in [2.45, 2.75) is 33.7 Å². The fourth-order valence-corrected chi connectivity index (χ4v) is 3.37. The van der Waals surface area contributed by atoms with E-state index in [-0.39, 0.29) is 11.7 Å². The zero-order chi connectivity index (χ0) is 21.7. The molecule has 3 rings (SSSR count). The summed E-state index contributed by atoms with van der Waals surface area (Å²) < 4.78 is 21.1. The molecular weight excluding hydrogens is 381 g/mol. The van der Waals surface area contributed by atoms with Crippen LogP contribution >= 0.6 is 0 Å². The number of aryl methyl sites for hydroxylation is 1. The van der Waals surface area contributed by atoms with Crippen LogP contribution in [0.15, 0.2) is 54.6 Å². The molecule has 1 heterocycles. The fourth-order valence-electron chi connectivity index (χ4n) is 3.37. The van der Waals surface area contributed by atoms with Crippen LogP contribution in [0.5, 0.6) is 11.6 Å². The number of rotatable bonds is 8. The van der Waals surface area contributed by atoms with Gasteiger partial charge in [0.2, 0.25) is 11.8 Å². The molecule has 1 amide bonds. The van der Waals surface area contributed by atoms with Gasteiger partial charge in [-0.3, -0.25) is 4.79 Å². The van der Waals surface area contributed by atoms with E-state index in [9.17, 15) is 9.18 Å². The van der Waals surface area contributed by atoms with Gasteiger partial charge in [-0.15, -0.1) is 0 Å². The maximum Gasteiger partial charge on any atom is 0.223 e. The normalized spacial score (nSPS) is 11.0. The number of hydrogen-bond acceptors (Lipinski definition) is 3. The molecule has 0 saturated carbocycles. The van der Waals surface area contributed by atoms with Crippen LogP contribution in [-0.4, -0.2) is 27.1 Å². The van der Waals surface area contributed by atoms with Crippen molar-refractivity contribution in [2.75, 3.05) is 6.54 Å². The van der Waals surface area contributed by atoms with Crippen LogP contribution < -0.4 is 4.74 Å². The summed E-state index contributed by atoms with van der Waals surface area (Å²) in [6, 6.07) is 15.7. The number of ether oxygens (including phenoxy) is 1. The maximum absolute atomic E-state index is 13.3. The second kappa shape index (κ2) is 9.57. The summed E-state index contributed by atoms with van der Waals surface area (Å²) in [6.07, 6.45) is 0.432. The van der Waals surface area contributed by atoms with E-state index in [1.54, 1.807) is 16.8 Å². The third-order valence-corrected chi connectivity index (χ3v) is 4.75. The third kappa shape index (κ3) is 5.06. The van der Waals surface area contributed by atoms with Crippen LogP contribution in [0, 0.1) is 11.7 Å². The first kappa shape index (κ1) is 21.6. The summed E-state index contributed by atoms with van der Waals surface area (Å²) in [5.41, 5.74) is 2.55. The molecule has 0 spiro atoms. The number of nitrogens with zero attached hydrogens (tertiary/aromatic N) is 3. The second-order valence-electron chi connectivity index (χ2n) is 7.70. The Kier molecular flexibility index (Phi) is 6.87. The van der Waals surface area contributed by atoms with Gasteiger partial charge in [0.05, 0.1) is 12.1 Å². The van der Waals surface area contributed by atoms with Gasteiger partial charge < -0.3 is 9.64 Å². The van der Waals surface area contributed by atoms with Gasteiger partial charge >= 0.3 is 0 Å². The molecular formula is C24H28FN3O2. The second-order valence-corrected chi connectivity index (χ2v) is 7.70. The molecule has 30 heavy (non-hydrogen) atoms. The van der Waals surface area contributed by atoms with E-state index < -0.39 is 0 Å². The monoisotopic (exact) mass is 409 g/mol. The van der Waals surface area contributed by atoms with Gasteiger partial charge in [-0.1, -0.05) is 51.1 Å². The average molecular weight is 410 g/mol. The molecule has 0 aliphatic heterocycles. The summed E-state index contributed by atoms with van der Waals surface area (Å²) in [4.78, 5) is 14.5. The molecule has 3 aromatic rings. The van der Waals surface area contributed by atoms with Crippen LogP contribution in [0.3, 0.4) is 0 Å². The molecule has 0 atom stereocenters. The van der Waals surface area contributed by atoms with Gasteiger partial charge in [0.15, 0.2) is 0 Å². The van der Waals surface area contributed by atoms with Crippen molar-refractivity contribution in [2.24, 2.45) is 13.0 Å². The summed E-state index contributed by atoms with van der Waals surface area (Å²) in [5.74, 6) is 1.14. The van der Waals surface area contributed by atoms with Gasteiger partial charge in [0, 0.05) is 25.6 Å². The van der Waals surface area contributed by atoms with E-state index >= 15 is 0 Å². The number of halogens is 1. The van der Waals surface area contributed by atoms with E-state index in [1.807, 2.05) is 49.2 Å². The Balaban J connectivity index is 2.06. The minimum Gasteiger partial charge on any atom is -0.439 e. The average Bonchev–Trinajstić information content (AvgIpc) is 3.04. The van der Waals surface area contributed by atoms with E-state index in [2.05, 4.69) is 13.8 Å².